The van der Waals surface area contributed by atoms with Gasteiger partial charge in [0.2, 0.25) is 5.91 Å². The van der Waals surface area contributed by atoms with Crippen LogP contribution in [0.4, 0.5) is 4.39 Å². The van der Waals surface area contributed by atoms with Crippen molar-refractivity contribution in [3.63, 3.8) is 0 Å². The van der Waals surface area contributed by atoms with Gasteiger partial charge >= 0.3 is 0 Å². The summed E-state index contributed by atoms with van der Waals surface area (Å²) in [6.45, 7) is 2.31. The van der Waals surface area contributed by atoms with E-state index in [-0.39, 0.29) is 11.7 Å². The fourth-order valence-electron chi connectivity index (χ4n) is 4.37. The number of rotatable bonds is 4. The Labute approximate surface area is 153 Å². The standard InChI is InChI=1S/C20H27FN4O/c21-15-6-7-19-18(12-15)22-14-25(19)17-8-10-24(11-9-17)13-20(26)23-16-4-2-1-3-5-16/h6-7,12,14,16-17H,1-5,8-11,13H2,(H,23,26). The minimum Gasteiger partial charge on any atom is -0.352 e. The van der Waals surface area contributed by atoms with E-state index in [2.05, 4.69) is 19.8 Å². The summed E-state index contributed by atoms with van der Waals surface area (Å²) in [6.07, 6.45) is 9.82. The number of fused-ring (bicyclic) bond motifs is 1. The Morgan fingerprint density at radius 1 is 1.15 bits per heavy atom. The second kappa shape index (κ2) is 7.74. The molecule has 0 bridgehead atoms. The summed E-state index contributed by atoms with van der Waals surface area (Å²) in [5.74, 6) is -0.0829. The van der Waals surface area contributed by atoms with E-state index in [9.17, 15) is 9.18 Å². The topological polar surface area (TPSA) is 50.2 Å². The highest BCUT2D eigenvalue weighted by atomic mass is 19.1. The molecule has 1 aliphatic carbocycles. The first-order valence-corrected chi connectivity index (χ1v) is 9.83. The van der Waals surface area contributed by atoms with Gasteiger partial charge in [-0.2, -0.15) is 0 Å². The Bertz CT molecular complexity index is 760. The molecule has 1 amide bonds. The monoisotopic (exact) mass is 358 g/mol. The number of piperidine rings is 1. The van der Waals surface area contributed by atoms with Crippen LogP contribution in [0.2, 0.25) is 0 Å². The van der Waals surface area contributed by atoms with Crippen LogP contribution in [0.25, 0.3) is 11.0 Å². The zero-order valence-electron chi connectivity index (χ0n) is 15.2. The molecule has 6 heteroatoms. The third-order valence-corrected chi connectivity index (χ3v) is 5.82. The molecule has 1 aliphatic heterocycles. The highest BCUT2D eigenvalue weighted by Crippen LogP contribution is 2.27. The molecule has 0 radical (unpaired) electrons. The average molecular weight is 358 g/mol. The van der Waals surface area contributed by atoms with Crippen LogP contribution in [-0.4, -0.2) is 46.0 Å². The molecule has 0 atom stereocenters. The largest absolute Gasteiger partial charge is 0.352 e. The Kier molecular flexibility index (Phi) is 5.20. The Balaban J connectivity index is 1.30. The van der Waals surface area contributed by atoms with Gasteiger partial charge in [0.05, 0.1) is 23.9 Å². The maximum Gasteiger partial charge on any atom is 0.234 e. The summed E-state index contributed by atoms with van der Waals surface area (Å²) in [4.78, 5) is 18.9. The molecule has 2 fully saturated rings. The maximum atomic E-state index is 13.3. The summed E-state index contributed by atoms with van der Waals surface area (Å²) in [6, 6.07) is 5.53. The number of aromatic nitrogens is 2. The summed E-state index contributed by atoms with van der Waals surface area (Å²) < 4.78 is 15.5. The van der Waals surface area contributed by atoms with E-state index < -0.39 is 0 Å². The molecule has 4 rings (SSSR count). The van der Waals surface area contributed by atoms with E-state index in [1.165, 1.54) is 31.4 Å². The lowest BCUT2D eigenvalue weighted by molar-refractivity contribution is -0.123. The summed E-state index contributed by atoms with van der Waals surface area (Å²) >= 11 is 0. The third kappa shape index (κ3) is 3.90. The van der Waals surface area contributed by atoms with Gasteiger partial charge in [-0.1, -0.05) is 19.3 Å². The van der Waals surface area contributed by atoms with Crippen LogP contribution < -0.4 is 5.32 Å². The fourth-order valence-corrected chi connectivity index (χ4v) is 4.37. The molecule has 0 unspecified atom stereocenters. The molecule has 1 aromatic heterocycles. The SMILES string of the molecule is O=C(CN1CCC(n2cnc3cc(F)ccc32)CC1)NC1CCCCC1. The lowest BCUT2D eigenvalue weighted by Crippen LogP contribution is -2.45. The number of hydrogen-bond acceptors (Lipinski definition) is 3. The Morgan fingerprint density at radius 3 is 2.69 bits per heavy atom. The quantitative estimate of drug-likeness (QED) is 0.913. The van der Waals surface area contributed by atoms with Crippen molar-refractivity contribution >= 4 is 16.9 Å². The number of nitrogens with one attached hydrogen (secondary N) is 1. The molecule has 5 nitrogen and oxygen atoms in total. The van der Waals surface area contributed by atoms with Crippen LogP contribution in [-0.2, 0) is 4.79 Å². The molecule has 26 heavy (non-hydrogen) atoms. The highest BCUT2D eigenvalue weighted by molar-refractivity contribution is 5.78. The molecule has 1 saturated carbocycles. The van der Waals surface area contributed by atoms with Crippen molar-refractivity contribution in [1.29, 1.82) is 0 Å². The lowest BCUT2D eigenvalue weighted by Gasteiger charge is -2.33. The molecular weight excluding hydrogens is 331 g/mol. The fraction of sp³-hybridized carbons (Fsp3) is 0.600. The van der Waals surface area contributed by atoms with E-state index in [1.54, 1.807) is 0 Å². The number of likely N-dealkylation sites (tertiary alicyclic amines) is 1. The first-order valence-electron chi connectivity index (χ1n) is 9.83. The molecule has 2 aliphatic rings. The minimum atomic E-state index is -0.249. The summed E-state index contributed by atoms with van der Waals surface area (Å²) in [7, 11) is 0. The van der Waals surface area contributed by atoms with E-state index in [0.717, 1.165) is 44.3 Å². The number of hydrogen-bond donors (Lipinski definition) is 1. The molecule has 1 saturated heterocycles. The number of carbonyl (C=O) groups is 1. The smallest absolute Gasteiger partial charge is 0.234 e. The van der Waals surface area contributed by atoms with Crippen LogP contribution >= 0.6 is 0 Å². The van der Waals surface area contributed by atoms with Crippen LogP contribution in [0.15, 0.2) is 24.5 Å². The molecule has 1 aromatic carbocycles. The van der Waals surface area contributed by atoms with Crippen LogP contribution in [0.3, 0.4) is 0 Å². The zero-order chi connectivity index (χ0) is 17.9. The maximum absolute atomic E-state index is 13.3. The average Bonchev–Trinajstić information content (AvgIpc) is 3.06. The van der Waals surface area contributed by atoms with Crippen molar-refractivity contribution in [2.24, 2.45) is 0 Å². The summed E-state index contributed by atoms with van der Waals surface area (Å²) in [5, 5.41) is 3.20. The predicted octanol–water partition coefficient (Wildman–Crippen LogP) is 3.26. The van der Waals surface area contributed by atoms with Crippen LogP contribution in [0.1, 0.15) is 51.0 Å². The van der Waals surface area contributed by atoms with Gasteiger partial charge in [0.15, 0.2) is 0 Å². The number of carbonyl (C=O) groups excluding carboxylic acids is 1. The van der Waals surface area contributed by atoms with Crippen molar-refractivity contribution < 1.29 is 9.18 Å². The first kappa shape index (κ1) is 17.5. The van der Waals surface area contributed by atoms with Crippen molar-refractivity contribution in [2.45, 2.75) is 57.0 Å². The van der Waals surface area contributed by atoms with Crippen LogP contribution in [0, 0.1) is 5.82 Å². The first-order chi connectivity index (χ1) is 12.7. The van der Waals surface area contributed by atoms with Gasteiger partial charge in [0, 0.05) is 31.2 Å². The second-order valence-corrected chi connectivity index (χ2v) is 7.69. The zero-order valence-corrected chi connectivity index (χ0v) is 15.2. The molecule has 0 spiro atoms. The predicted molar refractivity (Wildman–Crippen MR) is 99.4 cm³/mol. The van der Waals surface area contributed by atoms with Crippen molar-refractivity contribution in [2.75, 3.05) is 19.6 Å². The number of amides is 1. The normalized spacial score (nSPS) is 20.5. The van der Waals surface area contributed by atoms with Gasteiger partial charge in [0.1, 0.15) is 5.82 Å². The van der Waals surface area contributed by atoms with Gasteiger partial charge in [-0.15, -0.1) is 0 Å². The lowest BCUT2D eigenvalue weighted by atomic mass is 9.95. The van der Waals surface area contributed by atoms with E-state index in [1.807, 2.05) is 12.4 Å². The Hall–Kier alpha value is -1.95. The number of nitrogens with zero attached hydrogens (tertiary/aromatic N) is 3. The van der Waals surface area contributed by atoms with Crippen molar-refractivity contribution in [3.8, 4) is 0 Å². The molecule has 2 heterocycles. The van der Waals surface area contributed by atoms with Gasteiger partial charge in [-0.05, 0) is 37.8 Å². The van der Waals surface area contributed by atoms with Crippen LogP contribution in [0.5, 0.6) is 0 Å². The van der Waals surface area contributed by atoms with E-state index in [4.69, 9.17) is 0 Å². The second-order valence-electron chi connectivity index (χ2n) is 7.69. The molecule has 1 N–H and O–H groups in total. The number of halogens is 1. The highest BCUT2D eigenvalue weighted by Gasteiger charge is 2.24. The van der Waals surface area contributed by atoms with Gasteiger partial charge < -0.3 is 9.88 Å². The van der Waals surface area contributed by atoms with E-state index in [0.29, 0.717) is 24.1 Å². The molecular formula is C20H27FN4O. The number of imidazole rings is 1. The minimum absolute atomic E-state index is 0.166. The summed E-state index contributed by atoms with van der Waals surface area (Å²) in [5.41, 5.74) is 1.69. The van der Waals surface area contributed by atoms with Gasteiger partial charge in [0.25, 0.3) is 0 Å². The number of benzene rings is 1. The molecule has 2 aromatic rings. The third-order valence-electron chi connectivity index (χ3n) is 5.82. The van der Waals surface area contributed by atoms with E-state index >= 15 is 0 Å². The Morgan fingerprint density at radius 2 is 1.92 bits per heavy atom. The van der Waals surface area contributed by atoms with Crippen molar-refractivity contribution in [1.82, 2.24) is 19.8 Å². The molecule has 140 valence electrons. The van der Waals surface area contributed by atoms with Crippen molar-refractivity contribution in [3.05, 3.63) is 30.3 Å². The van der Waals surface area contributed by atoms with Gasteiger partial charge in [-0.3, -0.25) is 9.69 Å². The van der Waals surface area contributed by atoms with Gasteiger partial charge in [-0.25, -0.2) is 9.37 Å².